The second-order valence-corrected chi connectivity index (χ2v) is 17.5. The van der Waals surface area contributed by atoms with E-state index in [9.17, 15) is 4.79 Å². The highest BCUT2D eigenvalue weighted by Gasteiger charge is 2.29. The number of esters is 1. The fourth-order valence-electron chi connectivity index (χ4n) is 4.14. The number of carbonyl (C=O) groups excluding carboxylic acids is 1. The number of thioether (sulfide) groups is 2. The van der Waals surface area contributed by atoms with Gasteiger partial charge in [0.25, 0.3) is 0 Å². The van der Waals surface area contributed by atoms with E-state index in [2.05, 4.69) is 113 Å². The molecule has 4 heteroatoms. The normalized spacial score (nSPS) is 14.2. The Labute approximate surface area is 248 Å². The van der Waals surface area contributed by atoms with Gasteiger partial charge in [0.15, 0.2) is 0 Å². The minimum Gasteiger partial charge on any atom is -0.426 e. The Morgan fingerprint density at radius 1 is 0.769 bits per heavy atom. The van der Waals surface area contributed by atoms with Crippen LogP contribution in [0.25, 0.3) is 0 Å². The van der Waals surface area contributed by atoms with Crippen LogP contribution in [0, 0.1) is 0 Å². The highest BCUT2D eigenvalue weighted by atomic mass is 32.2. The first-order valence-electron chi connectivity index (χ1n) is 14.3. The standard InChI is InChI=1S/C35H52O2S2/c1-14-35(13,39-28-21-25(32(4,5)6)20-26(22-28)33(7,8)9)38-27-18-19-30(29(23-27)34(10,11)12)37-31(36)17-15-16-24(2)3/h18-23H,2,14-17H2,1,3-13H3. The van der Waals surface area contributed by atoms with Crippen LogP contribution in [0.1, 0.15) is 125 Å². The lowest BCUT2D eigenvalue weighted by Crippen LogP contribution is -2.18. The molecule has 0 aliphatic rings. The van der Waals surface area contributed by atoms with Gasteiger partial charge in [-0.15, -0.1) is 30.1 Å². The molecule has 1 unspecified atom stereocenters. The Morgan fingerprint density at radius 2 is 1.31 bits per heavy atom. The minimum atomic E-state index is -0.176. The van der Waals surface area contributed by atoms with Gasteiger partial charge in [-0.3, -0.25) is 4.79 Å². The van der Waals surface area contributed by atoms with Crippen molar-refractivity contribution in [1.29, 1.82) is 0 Å². The first-order valence-corrected chi connectivity index (χ1v) is 15.9. The lowest BCUT2D eigenvalue weighted by molar-refractivity contribution is -0.134. The molecule has 0 fully saturated rings. The van der Waals surface area contributed by atoms with Gasteiger partial charge in [0, 0.05) is 21.8 Å². The predicted molar refractivity (Wildman–Crippen MR) is 174 cm³/mol. The van der Waals surface area contributed by atoms with Crippen LogP contribution in [0.2, 0.25) is 0 Å². The van der Waals surface area contributed by atoms with Crippen LogP contribution >= 0.6 is 23.5 Å². The van der Waals surface area contributed by atoms with Crippen LogP contribution in [0.4, 0.5) is 0 Å². The lowest BCUT2D eigenvalue weighted by Gasteiger charge is -2.31. The van der Waals surface area contributed by atoms with Crippen molar-refractivity contribution in [2.24, 2.45) is 0 Å². The van der Waals surface area contributed by atoms with Crippen LogP contribution in [0.3, 0.4) is 0 Å². The number of carbonyl (C=O) groups is 1. The van der Waals surface area contributed by atoms with Crippen molar-refractivity contribution in [3.05, 3.63) is 65.2 Å². The van der Waals surface area contributed by atoms with E-state index in [1.54, 1.807) is 0 Å². The fraction of sp³-hybridized carbons (Fsp3) is 0.571. The Bertz CT molecular complexity index is 1130. The molecule has 0 aliphatic carbocycles. The third-order valence-corrected chi connectivity index (χ3v) is 9.82. The molecule has 2 aromatic carbocycles. The second kappa shape index (κ2) is 12.9. The van der Waals surface area contributed by atoms with Crippen LogP contribution in [0.5, 0.6) is 5.75 Å². The SMILES string of the molecule is C=C(C)CCCC(=O)Oc1ccc(SC(C)(CC)Sc2cc(C(C)(C)C)cc(C(C)(C)C)c2)cc1C(C)(C)C. The Balaban J connectivity index is 2.36. The average Bonchev–Trinajstić information content (AvgIpc) is 2.77. The van der Waals surface area contributed by atoms with Crippen molar-refractivity contribution in [2.45, 2.75) is 139 Å². The van der Waals surface area contributed by atoms with Gasteiger partial charge in [0.1, 0.15) is 5.75 Å². The topological polar surface area (TPSA) is 26.3 Å². The van der Waals surface area contributed by atoms with Gasteiger partial charge in [-0.25, -0.2) is 0 Å². The summed E-state index contributed by atoms with van der Waals surface area (Å²) in [6, 6.07) is 13.5. The smallest absolute Gasteiger partial charge is 0.311 e. The van der Waals surface area contributed by atoms with Gasteiger partial charge < -0.3 is 4.74 Å². The summed E-state index contributed by atoms with van der Waals surface area (Å²) in [6.45, 7) is 30.8. The van der Waals surface area contributed by atoms with Gasteiger partial charge >= 0.3 is 5.97 Å². The average molecular weight is 569 g/mol. The zero-order chi connectivity index (χ0) is 29.8. The van der Waals surface area contributed by atoms with Crippen molar-refractivity contribution in [1.82, 2.24) is 0 Å². The maximum absolute atomic E-state index is 12.6. The molecule has 0 N–H and O–H groups in total. The molecular weight excluding hydrogens is 517 g/mol. The molecule has 39 heavy (non-hydrogen) atoms. The molecule has 0 aliphatic heterocycles. The lowest BCUT2D eigenvalue weighted by atomic mass is 9.81. The Morgan fingerprint density at radius 3 is 1.77 bits per heavy atom. The number of hydrogen-bond donors (Lipinski definition) is 0. The molecule has 0 bridgehead atoms. The maximum atomic E-state index is 12.6. The van der Waals surface area contributed by atoms with Gasteiger partial charge in [0.2, 0.25) is 0 Å². The number of rotatable bonds is 10. The van der Waals surface area contributed by atoms with E-state index in [0.29, 0.717) is 12.2 Å². The third-order valence-electron chi connectivity index (χ3n) is 6.92. The van der Waals surface area contributed by atoms with Crippen molar-refractivity contribution < 1.29 is 9.53 Å². The molecule has 2 rings (SSSR count). The summed E-state index contributed by atoms with van der Waals surface area (Å²) < 4.78 is 5.81. The summed E-state index contributed by atoms with van der Waals surface area (Å²) in [6.07, 6.45) is 3.03. The summed E-state index contributed by atoms with van der Waals surface area (Å²) in [5.74, 6) is 0.496. The van der Waals surface area contributed by atoms with Crippen molar-refractivity contribution in [3.8, 4) is 5.75 Å². The van der Waals surface area contributed by atoms with Crippen LogP contribution in [0.15, 0.2) is 58.3 Å². The molecule has 0 saturated carbocycles. The highest BCUT2D eigenvalue weighted by molar-refractivity contribution is 8.18. The van der Waals surface area contributed by atoms with E-state index < -0.39 is 0 Å². The summed E-state index contributed by atoms with van der Waals surface area (Å²) in [4.78, 5) is 15.1. The number of allylic oxidation sites excluding steroid dienone is 1. The van der Waals surface area contributed by atoms with Crippen molar-refractivity contribution >= 4 is 29.5 Å². The quantitative estimate of drug-likeness (QED) is 0.0936. The van der Waals surface area contributed by atoms with E-state index in [1.807, 2.05) is 36.5 Å². The van der Waals surface area contributed by atoms with Crippen LogP contribution < -0.4 is 4.74 Å². The molecule has 2 aromatic rings. The third kappa shape index (κ3) is 10.4. The molecular formula is C35H52O2S2. The Kier molecular flexibility index (Phi) is 11.1. The zero-order valence-electron chi connectivity index (χ0n) is 26.6. The van der Waals surface area contributed by atoms with E-state index in [4.69, 9.17) is 4.74 Å². The molecule has 0 radical (unpaired) electrons. The van der Waals surface area contributed by atoms with Gasteiger partial charge in [-0.1, -0.05) is 80.9 Å². The molecule has 216 valence electrons. The van der Waals surface area contributed by atoms with Gasteiger partial charge in [-0.2, -0.15) is 0 Å². The van der Waals surface area contributed by atoms with Crippen LogP contribution in [-0.4, -0.2) is 10.0 Å². The van der Waals surface area contributed by atoms with Crippen LogP contribution in [-0.2, 0) is 21.0 Å². The van der Waals surface area contributed by atoms with E-state index in [0.717, 1.165) is 30.4 Å². The number of ether oxygens (including phenoxy) is 1. The van der Waals surface area contributed by atoms with Crippen molar-refractivity contribution in [2.75, 3.05) is 0 Å². The minimum absolute atomic E-state index is 0.0540. The van der Waals surface area contributed by atoms with E-state index in [-0.39, 0.29) is 26.3 Å². The maximum Gasteiger partial charge on any atom is 0.311 e. The molecule has 2 nitrogen and oxygen atoms in total. The number of hydrogen-bond acceptors (Lipinski definition) is 4. The molecule has 1 atom stereocenters. The fourth-order valence-corrected chi connectivity index (χ4v) is 6.86. The van der Waals surface area contributed by atoms with Gasteiger partial charge in [-0.05, 0) is 90.8 Å². The molecule has 0 saturated heterocycles. The molecule has 0 spiro atoms. The highest BCUT2D eigenvalue weighted by Crippen LogP contribution is 2.50. The zero-order valence-corrected chi connectivity index (χ0v) is 28.3. The first kappa shape index (κ1) is 33.6. The largest absolute Gasteiger partial charge is 0.426 e. The van der Waals surface area contributed by atoms with Crippen molar-refractivity contribution in [3.63, 3.8) is 0 Å². The Hall–Kier alpha value is -1.65. The summed E-state index contributed by atoms with van der Waals surface area (Å²) >= 11 is 3.86. The molecule has 0 aromatic heterocycles. The van der Waals surface area contributed by atoms with E-state index >= 15 is 0 Å². The first-order chi connectivity index (χ1) is 17.7. The summed E-state index contributed by atoms with van der Waals surface area (Å²) in [7, 11) is 0. The molecule has 0 heterocycles. The monoisotopic (exact) mass is 568 g/mol. The van der Waals surface area contributed by atoms with E-state index in [1.165, 1.54) is 20.9 Å². The van der Waals surface area contributed by atoms with Gasteiger partial charge in [0.05, 0.1) is 4.08 Å². The number of benzene rings is 2. The second-order valence-electron chi connectivity index (χ2n) is 14.1. The summed E-state index contributed by atoms with van der Waals surface area (Å²) in [5.41, 5.74) is 4.94. The summed E-state index contributed by atoms with van der Waals surface area (Å²) in [5, 5.41) is 0. The predicted octanol–water partition coefficient (Wildman–Crippen LogP) is 11.2. The molecule has 0 amide bonds.